The van der Waals surface area contributed by atoms with Crippen molar-refractivity contribution in [1.29, 1.82) is 0 Å². The summed E-state index contributed by atoms with van der Waals surface area (Å²) in [6.45, 7) is 8.15. The summed E-state index contributed by atoms with van der Waals surface area (Å²) in [5, 5.41) is 10.0. The molecule has 2 aromatic carbocycles. The zero-order chi connectivity index (χ0) is 20.3. The average Bonchev–Trinajstić information content (AvgIpc) is 2.60. The van der Waals surface area contributed by atoms with Gasteiger partial charge in [-0.05, 0) is 72.2 Å². The largest absolute Gasteiger partial charge is 0.508 e. The molecule has 1 aliphatic rings. The fourth-order valence-electron chi connectivity index (χ4n) is 3.24. The van der Waals surface area contributed by atoms with Gasteiger partial charge in [-0.15, -0.1) is 0 Å². The number of esters is 1. The molecule has 150 valence electrons. The van der Waals surface area contributed by atoms with Crippen LogP contribution in [0, 0.1) is 13.8 Å². The highest BCUT2D eigenvalue weighted by atomic mass is 32.2. The summed E-state index contributed by atoms with van der Waals surface area (Å²) in [5.41, 5.74) is 5.58. The van der Waals surface area contributed by atoms with E-state index in [4.69, 9.17) is 9.47 Å². The Balaban J connectivity index is 1.68. The number of rotatable bonds is 7. The molecule has 6 heteroatoms. The number of phenolic OH excluding ortho intramolecular Hbond substituents is 1. The first-order valence-corrected chi connectivity index (χ1v) is 10.4. The van der Waals surface area contributed by atoms with Gasteiger partial charge in [-0.1, -0.05) is 37.9 Å². The first kappa shape index (κ1) is 20.6. The maximum absolute atomic E-state index is 11.8. The maximum atomic E-state index is 11.8. The predicted octanol–water partition coefficient (Wildman–Crippen LogP) is 4.22. The van der Waals surface area contributed by atoms with Crippen molar-refractivity contribution < 1.29 is 19.4 Å². The highest BCUT2D eigenvalue weighted by Crippen LogP contribution is 2.29. The summed E-state index contributed by atoms with van der Waals surface area (Å²) in [7, 11) is 0. The normalized spacial score (nSPS) is 16.0. The van der Waals surface area contributed by atoms with E-state index < -0.39 is 0 Å². The fraction of sp³-hybridized carbons (Fsp3) is 0.409. The van der Waals surface area contributed by atoms with Crippen molar-refractivity contribution in [2.75, 3.05) is 12.4 Å². The quantitative estimate of drug-likeness (QED) is 0.535. The third kappa shape index (κ3) is 5.00. The van der Waals surface area contributed by atoms with Gasteiger partial charge < -0.3 is 14.6 Å². The molecule has 1 atom stereocenters. The first-order chi connectivity index (χ1) is 13.3. The van der Waals surface area contributed by atoms with Crippen LogP contribution in [-0.2, 0) is 16.0 Å². The van der Waals surface area contributed by atoms with Crippen molar-refractivity contribution in [1.82, 2.24) is 4.72 Å². The molecule has 1 unspecified atom stereocenters. The molecule has 5 nitrogen and oxygen atoms in total. The molecular weight excluding hydrogens is 374 g/mol. The van der Waals surface area contributed by atoms with E-state index in [1.54, 1.807) is 6.07 Å². The van der Waals surface area contributed by atoms with Crippen LogP contribution >= 0.6 is 11.9 Å². The van der Waals surface area contributed by atoms with Crippen LogP contribution in [-0.4, -0.2) is 29.7 Å². The Labute approximate surface area is 170 Å². The second kappa shape index (κ2) is 8.88. The van der Waals surface area contributed by atoms with E-state index >= 15 is 0 Å². The smallest absolute Gasteiger partial charge is 0.345 e. The lowest BCUT2D eigenvalue weighted by Crippen LogP contribution is -2.41. The summed E-state index contributed by atoms with van der Waals surface area (Å²) >= 11 is 1.53. The number of aromatic hydroxyl groups is 1. The van der Waals surface area contributed by atoms with Crippen LogP contribution in [0.5, 0.6) is 11.5 Å². The molecule has 0 saturated carbocycles. The highest BCUT2D eigenvalue weighted by molar-refractivity contribution is 7.98. The second-order valence-electron chi connectivity index (χ2n) is 7.46. The number of hydrogen-bond acceptors (Lipinski definition) is 6. The topological polar surface area (TPSA) is 67.8 Å². The predicted molar refractivity (Wildman–Crippen MR) is 112 cm³/mol. The maximum Gasteiger partial charge on any atom is 0.345 e. The molecule has 2 aromatic rings. The average molecular weight is 402 g/mol. The van der Waals surface area contributed by atoms with Crippen LogP contribution in [0.4, 0.5) is 0 Å². The number of phenols is 1. The van der Waals surface area contributed by atoms with Crippen LogP contribution in [0.2, 0.25) is 0 Å². The van der Waals surface area contributed by atoms with Crippen molar-refractivity contribution in [3.8, 4) is 11.5 Å². The van der Waals surface area contributed by atoms with Gasteiger partial charge in [-0.2, -0.15) is 0 Å². The third-order valence-electron chi connectivity index (χ3n) is 4.84. The van der Waals surface area contributed by atoms with Gasteiger partial charge in [-0.25, -0.2) is 9.52 Å². The van der Waals surface area contributed by atoms with Crippen LogP contribution in [0.3, 0.4) is 0 Å². The molecule has 28 heavy (non-hydrogen) atoms. The Morgan fingerprint density at radius 2 is 1.93 bits per heavy atom. The Morgan fingerprint density at radius 3 is 2.50 bits per heavy atom. The molecule has 3 rings (SSSR count). The molecule has 0 aliphatic carbocycles. The SMILES string of the molecule is Cc1cc(OCC(=O)OC2CSN2)cc(C)c1Cc1ccc(O)c(C(C)C)c1. The summed E-state index contributed by atoms with van der Waals surface area (Å²) in [6.07, 6.45) is 0.582. The Bertz CT molecular complexity index is 839. The first-order valence-electron chi connectivity index (χ1n) is 9.45. The molecule has 1 heterocycles. The van der Waals surface area contributed by atoms with E-state index in [1.807, 2.05) is 32.0 Å². The Morgan fingerprint density at radius 1 is 1.25 bits per heavy atom. The molecule has 0 aromatic heterocycles. The molecule has 0 spiro atoms. The highest BCUT2D eigenvalue weighted by Gasteiger charge is 2.22. The van der Waals surface area contributed by atoms with Crippen LogP contribution < -0.4 is 9.46 Å². The Hall–Kier alpha value is -2.18. The van der Waals surface area contributed by atoms with Crippen molar-refractivity contribution in [2.24, 2.45) is 0 Å². The number of carbonyl (C=O) groups excluding carboxylic acids is 1. The van der Waals surface area contributed by atoms with Gasteiger partial charge in [0.15, 0.2) is 12.8 Å². The van der Waals surface area contributed by atoms with E-state index in [9.17, 15) is 9.90 Å². The number of carbonyl (C=O) groups is 1. The van der Waals surface area contributed by atoms with E-state index in [-0.39, 0.29) is 24.7 Å². The lowest BCUT2D eigenvalue weighted by molar-refractivity contribution is -0.151. The van der Waals surface area contributed by atoms with Gasteiger partial charge in [0.1, 0.15) is 11.5 Å². The number of aryl methyl sites for hydroxylation is 2. The summed E-state index contributed by atoms with van der Waals surface area (Å²) in [5.74, 6) is 1.68. The molecular formula is C22H27NO4S. The summed E-state index contributed by atoms with van der Waals surface area (Å²) in [4.78, 5) is 11.8. The Kier molecular flexibility index (Phi) is 6.52. The lowest BCUT2D eigenvalue weighted by Gasteiger charge is -2.25. The molecule has 0 bridgehead atoms. The standard InChI is InChI=1S/C22H27NO4S/c1-13(2)18-9-16(5-6-20(18)24)10-19-14(3)7-17(8-15(19)4)26-11-22(25)27-21-12-28-23-21/h5-9,13,21,23-24H,10-12H2,1-4H3. The van der Waals surface area contributed by atoms with Gasteiger partial charge in [0, 0.05) is 0 Å². The second-order valence-corrected chi connectivity index (χ2v) is 8.31. The van der Waals surface area contributed by atoms with E-state index in [1.165, 1.54) is 17.5 Å². The summed E-state index contributed by atoms with van der Waals surface area (Å²) in [6, 6.07) is 9.72. The lowest BCUT2D eigenvalue weighted by atomic mass is 9.93. The number of ether oxygens (including phenoxy) is 2. The zero-order valence-electron chi connectivity index (χ0n) is 16.7. The number of nitrogens with one attached hydrogen (secondary N) is 1. The van der Waals surface area contributed by atoms with Gasteiger partial charge in [-0.3, -0.25) is 0 Å². The number of hydrogen-bond donors (Lipinski definition) is 2. The van der Waals surface area contributed by atoms with Crippen molar-refractivity contribution >= 4 is 17.9 Å². The molecule has 1 aliphatic heterocycles. The fourth-order valence-corrected chi connectivity index (χ4v) is 3.66. The summed E-state index contributed by atoms with van der Waals surface area (Å²) < 4.78 is 13.8. The zero-order valence-corrected chi connectivity index (χ0v) is 17.6. The van der Waals surface area contributed by atoms with Crippen molar-refractivity contribution in [3.63, 3.8) is 0 Å². The molecule has 1 saturated heterocycles. The van der Waals surface area contributed by atoms with Crippen LogP contribution in [0.25, 0.3) is 0 Å². The van der Waals surface area contributed by atoms with Gasteiger partial charge in [0.2, 0.25) is 0 Å². The third-order valence-corrected chi connectivity index (χ3v) is 5.74. The van der Waals surface area contributed by atoms with E-state index in [2.05, 4.69) is 24.6 Å². The van der Waals surface area contributed by atoms with E-state index in [0.717, 1.165) is 34.4 Å². The monoisotopic (exact) mass is 401 g/mol. The molecule has 1 fully saturated rings. The van der Waals surface area contributed by atoms with Crippen LogP contribution in [0.1, 0.15) is 47.6 Å². The number of benzene rings is 2. The van der Waals surface area contributed by atoms with Crippen molar-refractivity contribution in [2.45, 2.75) is 46.3 Å². The molecule has 0 amide bonds. The molecule has 2 N–H and O–H groups in total. The van der Waals surface area contributed by atoms with Gasteiger partial charge >= 0.3 is 5.97 Å². The van der Waals surface area contributed by atoms with Crippen molar-refractivity contribution in [3.05, 3.63) is 58.1 Å². The minimum Gasteiger partial charge on any atom is -0.508 e. The van der Waals surface area contributed by atoms with Gasteiger partial charge in [0.25, 0.3) is 0 Å². The van der Waals surface area contributed by atoms with Crippen LogP contribution in [0.15, 0.2) is 30.3 Å². The minimum atomic E-state index is -0.373. The molecule has 0 radical (unpaired) electrons. The minimum absolute atomic E-state index is 0.100. The van der Waals surface area contributed by atoms with Gasteiger partial charge in [0.05, 0.1) is 5.75 Å². The van der Waals surface area contributed by atoms with E-state index in [0.29, 0.717) is 11.5 Å².